The van der Waals surface area contributed by atoms with E-state index in [9.17, 15) is 14.3 Å². The Morgan fingerprint density at radius 2 is 2.18 bits per heavy atom. The van der Waals surface area contributed by atoms with Crippen LogP contribution in [0.3, 0.4) is 0 Å². The lowest BCUT2D eigenvalue weighted by atomic mass is 9.86. The van der Waals surface area contributed by atoms with Crippen molar-refractivity contribution in [1.29, 1.82) is 0 Å². The second-order valence-corrected chi connectivity index (χ2v) is 11.8. The Hall–Kier alpha value is -2.55. The van der Waals surface area contributed by atoms with Gasteiger partial charge in [-0.05, 0) is 85.3 Å². The van der Waals surface area contributed by atoms with Crippen LogP contribution in [-0.2, 0) is 27.1 Å². The Bertz CT molecular complexity index is 1140. The molecule has 5 rings (SSSR count). The maximum absolute atomic E-state index is 14.3. The van der Waals surface area contributed by atoms with Gasteiger partial charge in [-0.2, -0.15) is 0 Å². The molecule has 0 spiro atoms. The summed E-state index contributed by atoms with van der Waals surface area (Å²) in [5.74, 6) is -0.362. The zero-order valence-corrected chi connectivity index (χ0v) is 22.5. The second kappa shape index (κ2) is 11.7. The summed E-state index contributed by atoms with van der Waals surface area (Å²) >= 11 is 0. The van der Waals surface area contributed by atoms with E-state index in [1.54, 1.807) is 6.07 Å². The van der Waals surface area contributed by atoms with Crippen molar-refractivity contribution >= 4 is 11.8 Å². The summed E-state index contributed by atoms with van der Waals surface area (Å²) in [6.45, 7) is 7.61. The molecule has 0 aliphatic carbocycles. The van der Waals surface area contributed by atoms with E-state index in [-0.39, 0.29) is 17.6 Å². The number of aryl methyl sites for hydroxylation is 2. The average Bonchev–Trinajstić information content (AvgIpc) is 3.49. The highest BCUT2D eigenvalue weighted by atomic mass is 19.1. The van der Waals surface area contributed by atoms with Gasteiger partial charge in [-0.3, -0.25) is 9.69 Å². The van der Waals surface area contributed by atoms with Gasteiger partial charge in [0.1, 0.15) is 17.7 Å². The van der Waals surface area contributed by atoms with Gasteiger partial charge in [-0.15, -0.1) is 0 Å². The molecule has 0 bridgehead atoms. The molecule has 2 saturated heterocycles. The smallest absolute Gasteiger partial charge is 0.325 e. The molecule has 0 amide bonds. The van der Waals surface area contributed by atoms with Crippen LogP contribution in [0.15, 0.2) is 30.3 Å². The summed E-state index contributed by atoms with van der Waals surface area (Å²) in [6.07, 6.45) is 6.38. The number of carbonyl (C=O) groups is 1. The highest BCUT2D eigenvalue weighted by Crippen LogP contribution is 2.43. The molecule has 4 heterocycles. The van der Waals surface area contributed by atoms with E-state index in [1.807, 2.05) is 4.90 Å². The first-order chi connectivity index (χ1) is 18.3. The third kappa shape index (κ3) is 6.35. The molecule has 3 aliphatic heterocycles. The van der Waals surface area contributed by atoms with E-state index in [1.165, 1.54) is 17.7 Å². The van der Waals surface area contributed by atoms with Crippen LogP contribution in [0.4, 0.5) is 10.2 Å². The van der Waals surface area contributed by atoms with Gasteiger partial charge in [0.2, 0.25) is 0 Å². The van der Waals surface area contributed by atoms with E-state index < -0.39 is 17.8 Å². The maximum atomic E-state index is 14.3. The number of aromatic nitrogens is 1. The van der Waals surface area contributed by atoms with Crippen molar-refractivity contribution in [2.45, 2.75) is 77.0 Å². The van der Waals surface area contributed by atoms with Gasteiger partial charge >= 0.3 is 5.97 Å². The fourth-order valence-electron chi connectivity index (χ4n) is 6.00. The number of carboxylic acid groups (broad SMARTS) is 1. The van der Waals surface area contributed by atoms with Crippen LogP contribution in [0.5, 0.6) is 0 Å². The fourth-order valence-corrected chi connectivity index (χ4v) is 6.00. The van der Waals surface area contributed by atoms with Gasteiger partial charge in [-0.1, -0.05) is 26.0 Å². The van der Waals surface area contributed by atoms with Crippen LogP contribution in [0.25, 0.3) is 0 Å². The van der Waals surface area contributed by atoms with Crippen LogP contribution in [0.2, 0.25) is 0 Å². The third-order valence-corrected chi connectivity index (χ3v) is 8.01. The number of rotatable bonds is 10. The Kier molecular flexibility index (Phi) is 8.31. The van der Waals surface area contributed by atoms with Crippen LogP contribution in [-0.4, -0.2) is 59.9 Å². The van der Waals surface area contributed by atoms with Gasteiger partial charge in [-0.25, -0.2) is 9.37 Å². The number of ether oxygens (including phenoxy) is 2. The summed E-state index contributed by atoms with van der Waals surface area (Å²) in [7, 11) is 0. The third-order valence-electron chi connectivity index (χ3n) is 8.01. The summed E-state index contributed by atoms with van der Waals surface area (Å²) in [5.41, 5.74) is 3.69. The summed E-state index contributed by atoms with van der Waals surface area (Å²) < 4.78 is 26.5. The van der Waals surface area contributed by atoms with Gasteiger partial charge in [0.25, 0.3) is 0 Å². The first-order valence-electron chi connectivity index (χ1n) is 14.0. The van der Waals surface area contributed by atoms with Gasteiger partial charge in [0.05, 0.1) is 18.8 Å². The van der Waals surface area contributed by atoms with Crippen molar-refractivity contribution in [2.75, 3.05) is 38.2 Å². The molecule has 38 heavy (non-hydrogen) atoms. The van der Waals surface area contributed by atoms with E-state index in [2.05, 4.69) is 31.3 Å². The van der Waals surface area contributed by atoms with E-state index in [4.69, 9.17) is 14.5 Å². The summed E-state index contributed by atoms with van der Waals surface area (Å²) in [4.78, 5) is 19.1. The molecular formula is C30H40FN3O4. The molecule has 2 aromatic rings. The number of aliphatic carboxylic acids is 1. The van der Waals surface area contributed by atoms with E-state index >= 15 is 0 Å². The molecule has 3 aliphatic rings. The number of pyridine rings is 1. The number of unbranched alkanes of at least 4 members (excludes halogenated alkanes) is 1. The molecule has 1 aromatic heterocycles. The van der Waals surface area contributed by atoms with Crippen molar-refractivity contribution in [2.24, 2.45) is 5.41 Å². The highest BCUT2D eigenvalue weighted by Gasteiger charge is 2.39. The summed E-state index contributed by atoms with van der Waals surface area (Å²) in [5, 5.41) is 13.6. The normalized spacial score (nSPS) is 23.7. The molecule has 2 N–H and O–H groups in total. The van der Waals surface area contributed by atoms with Crippen LogP contribution in [0, 0.1) is 11.2 Å². The number of fused-ring (bicyclic) bond motifs is 1. The van der Waals surface area contributed by atoms with E-state index in [0.29, 0.717) is 31.9 Å². The van der Waals surface area contributed by atoms with Crippen molar-refractivity contribution in [1.82, 2.24) is 9.88 Å². The number of hydrogen-bond donors (Lipinski definition) is 2. The van der Waals surface area contributed by atoms with Gasteiger partial charge in [0.15, 0.2) is 0 Å². The fraction of sp³-hybridized carbons (Fsp3) is 0.600. The molecule has 2 fully saturated rings. The molecule has 206 valence electrons. The Labute approximate surface area is 224 Å². The maximum Gasteiger partial charge on any atom is 0.325 e. The molecule has 3 atom stereocenters. The minimum absolute atomic E-state index is 0.00841. The van der Waals surface area contributed by atoms with Gasteiger partial charge in [0, 0.05) is 31.9 Å². The first-order valence-corrected chi connectivity index (χ1v) is 14.0. The van der Waals surface area contributed by atoms with Crippen LogP contribution in [0.1, 0.15) is 80.5 Å². The molecule has 8 heteroatoms. The molecule has 0 saturated carbocycles. The number of benzene rings is 1. The molecule has 3 unspecified atom stereocenters. The number of hydrogen-bond acceptors (Lipinski definition) is 6. The number of anilines is 1. The molecule has 0 radical (unpaired) electrons. The quantitative estimate of drug-likeness (QED) is 0.407. The topological polar surface area (TPSA) is 83.9 Å². The zero-order valence-electron chi connectivity index (χ0n) is 22.5. The average molecular weight is 526 g/mol. The summed E-state index contributed by atoms with van der Waals surface area (Å²) in [6, 6.07) is 7.87. The number of carboxylic acids is 1. The molecule has 1 aromatic carbocycles. The SMILES string of the molecule is CC1(C)COC(c2ccc(F)cc2C(C(=O)O)N2CCC(OCCCCc3ccc4c(n3)NCCC4)C2)C1. The number of halogens is 1. The second-order valence-electron chi connectivity index (χ2n) is 11.8. The predicted molar refractivity (Wildman–Crippen MR) is 144 cm³/mol. The first kappa shape index (κ1) is 27.0. The number of likely N-dealkylation sites (tertiary alicyclic amines) is 1. The Balaban J connectivity index is 1.14. The highest BCUT2D eigenvalue weighted by molar-refractivity contribution is 5.76. The monoisotopic (exact) mass is 525 g/mol. The van der Waals surface area contributed by atoms with E-state index in [0.717, 1.165) is 68.6 Å². The molecular weight excluding hydrogens is 485 g/mol. The van der Waals surface area contributed by atoms with Crippen LogP contribution >= 0.6 is 0 Å². The predicted octanol–water partition coefficient (Wildman–Crippen LogP) is 5.31. The number of nitrogens with zero attached hydrogens (tertiary/aromatic N) is 2. The lowest BCUT2D eigenvalue weighted by Crippen LogP contribution is -2.34. The standard InChI is InChI=1S/C30H40FN3O4/c1-30(2)17-26(38-19-30)24-11-9-21(31)16-25(24)27(29(35)36)34-14-12-23(18-34)37-15-4-3-7-22-10-8-20-6-5-13-32-28(20)33-22/h8-11,16,23,26-27H,3-7,12-15,17-19H2,1-2H3,(H,32,33)(H,35,36). The molecule has 7 nitrogen and oxygen atoms in total. The Morgan fingerprint density at radius 1 is 1.32 bits per heavy atom. The lowest BCUT2D eigenvalue weighted by molar-refractivity contribution is -0.143. The zero-order chi connectivity index (χ0) is 26.7. The van der Waals surface area contributed by atoms with Crippen molar-refractivity contribution < 1.29 is 23.8 Å². The largest absolute Gasteiger partial charge is 0.480 e. The van der Waals surface area contributed by atoms with Crippen molar-refractivity contribution in [3.05, 3.63) is 58.5 Å². The van der Waals surface area contributed by atoms with Crippen molar-refractivity contribution in [3.8, 4) is 0 Å². The lowest BCUT2D eigenvalue weighted by Gasteiger charge is -2.28. The minimum Gasteiger partial charge on any atom is -0.480 e. The Morgan fingerprint density at radius 3 is 2.97 bits per heavy atom. The van der Waals surface area contributed by atoms with Crippen LogP contribution < -0.4 is 5.32 Å². The van der Waals surface area contributed by atoms with Gasteiger partial charge < -0.3 is 19.9 Å². The minimum atomic E-state index is -0.971. The number of nitrogens with one attached hydrogen (secondary N) is 1. The van der Waals surface area contributed by atoms with Crippen molar-refractivity contribution in [3.63, 3.8) is 0 Å².